The lowest BCUT2D eigenvalue weighted by Gasteiger charge is -2.09. The highest BCUT2D eigenvalue weighted by Crippen LogP contribution is 2.08. The van der Waals surface area contributed by atoms with E-state index in [1.165, 1.54) is 6.42 Å². The Labute approximate surface area is 106 Å². The van der Waals surface area contributed by atoms with E-state index in [2.05, 4.69) is 25.6 Å². The Bertz CT molecular complexity index is 270. The molecule has 2 nitrogen and oxygen atoms in total. The molecule has 0 aromatic heterocycles. The van der Waals surface area contributed by atoms with E-state index in [4.69, 9.17) is 4.74 Å². The van der Waals surface area contributed by atoms with Crippen molar-refractivity contribution in [2.75, 3.05) is 27.2 Å². The van der Waals surface area contributed by atoms with E-state index in [0.29, 0.717) is 0 Å². The fourth-order valence-corrected chi connectivity index (χ4v) is 1.24. The smallest absolute Gasteiger partial charge is 0.119 e. The largest absolute Gasteiger partial charge is 0.494 e. The Hall–Kier alpha value is -1.28. The molecule has 0 amide bonds. The van der Waals surface area contributed by atoms with Crippen LogP contribution in [-0.4, -0.2) is 32.1 Å². The SMILES string of the molecule is C=CC.CN(C)CCCCOc1ccccc1. The van der Waals surface area contributed by atoms with Gasteiger partial charge < -0.3 is 9.64 Å². The first-order valence-corrected chi connectivity index (χ1v) is 6.10. The number of para-hydroxylation sites is 1. The van der Waals surface area contributed by atoms with Crippen LogP contribution in [0.2, 0.25) is 0 Å². The number of hydrogen-bond acceptors (Lipinski definition) is 2. The van der Waals surface area contributed by atoms with Gasteiger partial charge in [-0.25, -0.2) is 0 Å². The van der Waals surface area contributed by atoms with E-state index >= 15 is 0 Å². The molecule has 0 atom stereocenters. The molecule has 0 aliphatic carbocycles. The third-order valence-corrected chi connectivity index (χ3v) is 2.01. The van der Waals surface area contributed by atoms with Crippen molar-refractivity contribution in [3.63, 3.8) is 0 Å². The topological polar surface area (TPSA) is 12.5 Å². The molecule has 0 unspecified atom stereocenters. The lowest BCUT2D eigenvalue weighted by molar-refractivity contribution is 0.293. The fraction of sp³-hybridized carbons (Fsp3) is 0.467. The first-order chi connectivity index (χ1) is 8.20. The third kappa shape index (κ3) is 11.0. The molecule has 1 rings (SSSR count). The molecule has 0 aliphatic heterocycles. The van der Waals surface area contributed by atoms with Gasteiger partial charge in [0.25, 0.3) is 0 Å². The summed E-state index contributed by atoms with van der Waals surface area (Å²) in [5.41, 5.74) is 0. The molecule has 1 aromatic rings. The van der Waals surface area contributed by atoms with Gasteiger partial charge in [-0.15, -0.1) is 6.58 Å². The molecule has 0 fully saturated rings. The van der Waals surface area contributed by atoms with E-state index in [-0.39, 0.29) is 0 Å². The maximum atomic E-state index is 5.57. The predicted molar refractivity (Wildman–Crippen MR) is 75.6 cm³/mol. The zero-order valence-corrected chi connectivity index (χ0v) is 11.4. The van der Waals surface area contributed by atoms with Gasteiger partial charge in [0, 0.05) is 0 Å². The summed E-state index contributed by atoms with van der Waals surface area (Å²) < 4.78 is 5.57. The highest BCUT2D eigenvalue weighted by Gasteiger charge is 1.93. The molecular weight excluding hydrogens is 210 g/mol. The van der Waals surface area contributed by atoms with Crippen LogP contribution in [-0.2, 0) is 0 Å². The lowest BCUT2D eigenvalue weighted by Crippen LogP contribution is -2.13. The quantitative estimate of drug-likeness (QED) is 0.552. The third-order valence-electron chi connectivity index (χ3n) is 2.01. The predicted octanol–water partition coefficient (Wildman–Crippen LogP) is 3.60. The number of unbranched alkanes of at least 4 members (excludes halogenated alkanes) is 1. The molecule has 96 valence electrons. The maximum Gasteiger partial charge on any atom is 0.119 e. The summed E-state index contributed by atoms with van der Waals surface area (Å²) in [5, 5.41) is 0. The van der Waals surface area contributed by atoms with Crippen LogP contribution in [0, 0.1) is 0 Å². The van der Waals surface area contributed by atoms with Crippen molar-refractivity contribution in [2.45, 2.75) is 19.8 Å². The summed E-state index contributed by atoms with van der Waals surface area (Å²) in [7, 11) is 4.19. The van der Waals surface area contributed by atoms with Crippen LogP contribution in [0.15, 0.2) is 43.0 Å². The molecule has 0 saturated heterocycles. The van der Waals surface area contributed by atoms with Gasteiger partial charge >= 0.3 is 0 Å². The Balaban J connectivity index is 0.000000770. The fourth-order valence-electron chi connectivity index (χ4n) is 1.24. The van der Waals surface area contributed by atoms with Gasteiger partial charge in [-0.3, -0.25) is 0 Å². The van der Waals surface area contributed by atoms with Gasteiger partial charge in [-0.05, 0) is 52.5 Å². The number of ether oxygens (including phenoxy) is 1. The molecule has 0 aliphatic rings. The van der Waals surface area contributed by atoms with Crippen LogP contribution in [0.5, 0.6) is 5.75 Å². The van der Waals surface area contributed by atoms with E-state index in [1.807, 2.05) is 37.3 Å². The second-order valence-corrected chi connectivity index (χ2v) is 4.08. The first-order valence-electron chi connectivity index (χ1n) is 6.10. The highest BCUT2D eigenvalue weighted by atomic mass is 16.5. The first kappa shape index (κ1) is 15.7. The maximum absolute atomic E-state index is 5.57. The van der Waals surface area contributed by atoms with Crippen molar-refractivity contribution in [1.29, 1.82) is 0 Å². The van der Waals surface area contributed by atoms with Crippen LogP contribution in [0.1, 0.15) is 19.8 Å². The average molecular weight is 235 g/mol. The molecule has 1 aromatic carbocycles. The normalized spacial score (nSPS) is 9.41. The van der Waals surface area contributed by atoms with E-state index in [0.717, 1.165) is 25.3 Å². The van der Waals surface area contributed by atoms with Crippen molar-refractivity contribution >= 4 is 0 Å². The Morgan fingerprint density at radius 3 is 2.29 bits per heavy atom. The standard InChI is InChI=1S/C12H19NO.C3H6/c1-13(2)10-6-7-11-14-12-8-4-3-5-9-12;1-3-2/h3-5,8-9H,6-7,10-11H2,1-2H3;3H,1H2,2H3. The number of hydrogen-bond donors (Lipinski definition) is 0. The second-order valence-electron chi connectivity index (χ2n) is 4.08. The van der Waals surface area contributed by atoms with Gasteiger partial charge in [0.15, 0.2) is 0 Å². The van der Waals surface area contributed by atoms with Gasteiger partial charge in [-0.1, -0.05) is 24.3 Å². The second kappa shape index (κ2) is 11.2. The van der Waals surface area contributed by atoms with Crippen molar-refractivity contribution < 1.29 is 4.74 Å². The number of benzene rings is 1. The summed E-state index contributed by atoms with van der Waals surface area (Å²) >= 11 is 0. The minimum atomic E-state index is 0.817. The molecule has 0 bridgehead atoms. The summed E-state index contributed by atoms with van der Waals surface area (Å²) in [5.74, 6) is 0.970. The molecular formula is C15H25NO. The van der Waals surface area contributed by atoms with Gasteiger partial charge in [-0.2, -0.15) is 0 Å². The summed E-state index contributed by atoms with van der Waals surface area (Å²) in [6, 6.07) is 9.97. The van der Waals surface area contributed by atoms with Gasteiger partial charge in [0.1, 0.15) is 5.75 Å². The average Bonchev–Trinajstić information content (AvgIpc) is 2.30. The zero-order chi connectivity index (χ0) is 12.9. The Morgan fingerprint density at radius 1 is 1.18 bits per heavy atom. The van der Waals surface area contributed by atoms with Crippen LogP contribution in [0.3, 0.4) is 0 Å². The van der Waals surface area contributed by atoms with Gasteiger partial charge in [0.05, 0.1) is 6.61 Å². The van der Waals surface area contributed by atoms with Crippen molar-refractivity contribution in [2.24, 2.45) is 0 Å². The van der Waals surface area contributed by atoms with Crippen LogP contribution in [0.25, 0.3) is 0 Å². The minimum Gasteiger partial charge on any atom is -0.494 e. The van der Waals surface area contributed by atoms with Crippen LogP contribution >= 0.6 is 0 Å². The summed E-state index contributed by atoms with van der Waals surface area (Å²) in [4.78, 5) is 2.20. The zero-order valence-electron chi connectivity index (χ0n) is 11.4. The van der Waals surface area contributed by atoms with Gasteiger partial charge in [0.2, 0.25) is 0 Å². The molecule has 0 heterocycles. The van der Waals surface area contributed by atoms with E-state index in [1.54, 1.807) is 6.08 Å². The number of allylic oxidation sites excluding steroid dienone is 1. The Kier molecular flexibility index (Phi) is 10.4. The number of nitrogens with zero attached hydrogens (tertiary/aromatic N) is 1. The Morgan fingerprint density at radius 2 is 1.76 bits per heavy atom. The van der Waals surface area contributed by atoms with Crippen molar-refractivity contribution in [3.8, 4) is 5.75 Å². The molecule has 0 radical (unpaired) electrons. The summed E-state index contributed by atoms with van der Waals surface area (Å²) in [6.45, 7) is 7.20. The molecule has 17 heavy (non-hydrogen) atoms. The summed E-state index contributed by atoms with van der Waals surface area (Å²) in [6.07, 6.45) is 4.06. The molecule has 2 heteroatoms. The monoisotopic (exact) mass is 235 g/mol. The van der Waals surface area contributed by atoms with E-state index < -0.39 is 0 Å². The van der Waals surface area contributed by atoms with E-state index in [9.17, 15) is 0 Å². The molecule has 0 spiro atoms. The van der Waals surface area contributed by atoms with Crippen LogP contribution in [0.4, 0.5) is 0 Å². The molecule has 0 saturated carbocycles. The van der Waals surface area contributed by atoms with Crippen molar-refractivity contribution in [3.05, 3.63) is 43.0 Å². The van der Waals surface area contributed by atoms with Crippen molar-refractivity contribution in [1.82, 2.24) is 4.90 Å². The lowest BCUT2D eigenvalue weighted by atomic mass is 10.3. The van der Waals surface area contributed by atoms with Crippen LogP contribution < -0.4 is 4.74 Å². The number of rotatable bonds is 6. The minimum absolute atomic E-state index is 0.817. The highest BCUT2D eigenvalue weighted by molar-refractivity contribution is 5.20. The molecule has 0 N–H and O–H groups in total.